The van der Waals surface area contributed by atoms with E-state index in [-0.39, 0.29) is 62.9 Å². The van der Waals surface area contributed by atoms with E-state index in [9.17, 15) is 58.8 Å². The van der Waals surface area contributed by atoms with Crippen LogP contribution in [0.15, 0.2) is 97.1 Å². The normalized spacial score (nSPS) is 24.0. The number of unbranched alkanes of at least 4 members (excludes halogenated alkanes) is 2. The van der Waals surface area contributed by atoms with Gasteiger partial charge in [-0.3, -0.25) is 33.6 Å². The Morgan fingerprint density at radius 2 is 1.23 bits per heavy atom. The van der Waals surface area contributed by atoms with Gasteiger partial charge in [-0.2, -0.15) is 0 Å². The summed E-state index contributed by atoms with van der Waals surface area (Å²) in [6, 6.07) is 18.9. The molecule has 3 aliphatic heterocycles. The van der Waals surface area contributed by atoms with Crippen molar-refractivity contribution in [3.63, 3.8) is 0 Å². The van der Waals surface area contributed by atoms with E-state index in [1.54, 1.807) is 36.4 Å². The fourth-order valence-electron chi connectivity index (χ4n) is 10.2. The monoisotopic (exact) mass is 1120 g/mol. The zero-order valence-corrected chi connectivity index (χ0v) is 46.0. The van der Waals surface area contributed by atoms with Gasteiger partial charge in [-0.05, 0) is 117 Å². The third-order valence-corrected chi connectivity index (χ3v) is 14.8. The molecule has 3 heterocycles. The Labute approximate surface area is 470 Å². The molecule has 81 heavy (non-hydrogen) atoms. The minimum Gasteiger partial charge on any atom is -0.508 e. The van der Waals surface area contributed by atoms with Crippen LogP contribution in [0.5, 0.6) is 11.5 Å². The van der Waals surface area contributed by atoms with Crippen molar-refractivity contribution in [3.8, 4) is 33.8 Å². The van der Waals surface area contributed by atoms with Crippen molar-refractivity contribution in [1.29, 1.82) is 0 Å². The number of aliphatic hydroxyl groups excluding tert-OH is 3. The maximum Gasteiger partial charge on any atom is 0.407 e. The Bertz CT molecular complexity index is 2830. The van der Waals surface area contributed by atoms with Crippen LogP contribution >= 0.6 is 0 Å². The minimum absolute atomic E-state index is 0.0160. The number of aryl methyl sites for hydroxylation is 1. The largest absolute Gasteiger partial charge is 0.508 e. The van der Waals surface area contributed by atoms with Gasteiger partial charge in [-0.25, -0.2) is 4.79 Å². The van der Waals surface area contributed by atoms with Gasteiger partial charge in [0.2, 0.25) is 35.4 Å². The van der Waals surface area contributed by atoms with Gasteiger partial charge in [0.25, 0.3) is 5.91 Å². The molecule has 10 N–H and O–H groups in total. The first-order valence-electron chi connectivity index (χ1n) is 27.5. The number of benzene rings is 4. The molecule has 0 spiro atoms. The maximum atomic E-state index is 14.5. The number of rotatable bonds is 15. The minimum atomic E-state index is -1.71. The van der Waals surface area contributed by atoms with Crippen LogP contribution in [0.2, 0.25) is 0 Å². The molecule has 22 nitrogen and oxygen atoms in total. The van der Waals surface area contributed by atoms with E-state index in [1.165, 1.54) is 26.0 Å². The van der Waals surface area contributed by atoms with Crippen molar-refractivity contribution in [2.45, 2.75) is 139 Å². The van der Waals surface area contributed by atoms with E-state index in [2.05, 4.69) is 38.8 Å². The fourth-order valence-corrected chi connectivity index (χ4v) is 10.2. The van der Waals surface area contributed by atoms with Crippen LogP contribution in [0.4, 0.5) is 4.79 Å². The summed E-state index contributed by atoms with van der Waals surface area (Å²) in [6.07, 6.45) is -2.48. The predicted octanol–water partition coefficient (Wildman–Crippen LogP) is 2.44. The van der Waals surface area contributed by atoms with Gasteiger partial charge in [-0.15, -0.1) is 0 Å². The fraction of sp³-hybridized carbons (Fsp3) is 0.458. The van der Waals surface area contributed by atoms with E-state index in [4.69, 9.17) is 9.47 Å². The number of alkyl carbamates (subject to hydrolysis) is 1. The number of carbonyl (C=O) groups excluding carboxylic acids is 8. The van der Waals surface area contributed by atoms with Crippen LogP contribution in [0.3, 0.4) is 0 Å². The number of carbonyl (C=O) groups is 8. The van der Waals surface area contributed by atoms with Crippen molar-refractivity contribution < 1.29 is 68.3 Å². The van der Waals surface area contributed by atoms with Crippen LogP contribution in [-0.4, -0.2) is 172 Å². The molecule has 4 aromatic carbocycles. The summed E-state index contributed by atoms with van der Waals surface area (Å²) in [7, 11) is 1.14. The lowest BCUT2D eigenvalue weighted by molar-refractivity contribution is -0.145. The lowest BCUT2D eigenvalue weighted by Crippen LogP contribution is -2.61. The molecule has 0 unspecified atom stereocenters. The lowest BCUT2D eigenvalue weighted by atomic mass is 9.99. The van der Waals surface area contributed by atoms with Gasteiger partial charge in [0, 0.05) is 31.6 Å². The second-order valence-electron chi connectivity index (χ2n) is 20.9. The van der Waals surface area contributed by atoms with Crippen molar-refractivity contribution >= 4 is 47.4 Å². The number of amides is 8. The zero-order chi connectivity index (χ0) is 58.3. The van der Waals surface area contributed by atoms with Crippen LogP contribution in [0.25, 0.3) is 22.3 Å². The summed E-state index contributed by atoms with van der Waals surface area (Å²) < 4.78 is 10.6. The summed E-state index contributed by atoms with van der Waals surface area (Å²) in [6.45, 7) is 4.56. The van der Waals surface area contributed by atoms with Gasteiger partial charge in [0.15, 0.2) is 0 Å². The Hall–Kier alpha value is -8.08. The first-order chi connectivity index (χ1) is 38.8. The molecule has 3 fully saturated rings. The summed E-state index contributed by atoms with van der Waals surface area (Å²) in [4.78, 5) is 115. The number of phenolic OH excluding ortho intramolecular Hbond substituents is 1. The molecule has 0 radical (unpaired) electrons. The number of phenols is 1. The quantitative estimate of drug-likeness (QED) is 0.0766. The lowest BCUT2D eigenvalue weighted by Gasteiger charge is -2.32. The first-order valence-corrected chi connectivity index (χ1v) is 27.5. The Morgan fingerprint density at radius 3 is 1.81 bits per heavy atom. The number of hydrogen-bond acceptors (Lipinski definition) is 14. The van der Waals surface area contributed by atoms with Crippen molar-refractivity contribution in [3.05, 3.63) is 108 Å². The molecule has 4 aromatic rings. The zero-order valence-electron chi connectivity index (χ0n) is 46.0. The van der Waals surface area contributed by atoms with Gasteiger partial charge < -0.3 is 71.6 Å². The molecule has 0 aromatic heterocycles. The average Bonchev–Trinajstić information content (AvgIpc) is 4.13. The van der Waals surface area contributed by atoms with Gasteiger partial charge in [0.1, 0.15) is 47.8 Å². The molecule has 0 aliphatic carbocycles. The molecule has 3 saturated heterocycles. The van der Waals surface area contributed by atoms with E-state index < -0.39 is 115 Å². The van der Waals surface area contributed by atoms with Crippen LogP contribution in [-0.2, 0) is 39.9 Å². The second-order valence-corrected chi connectivity index (χ2v) is 20.9. The molecule has 3 aliphatic rings. The van der Waals surface area contributed by atoms with E-state index in [0.29, 0.717) is 12.2 Å². The molecular formula is C59H74N8O14. The van der Waals surface area contributed by atoms with Crippen LogP contribution in [0.1, 0.15) is 88.1 Å². The number of ether oxygens (including phenoxy) is 2. The van der Waals surface area contributed by atoms with E-state index >= 15 is 0 Å². The SMILES string of the molecule is CCCCCOc1ccc(-c2ccc(-c3ccc(C(=O)N[C@H]4CCCNC(=O)[C@@H]5C[C@H](NC(=O)OC)CN5C(=O)[C@H]([C@@H](C)O)NC(=O)[C@H](CCc5ccc(O)cc5)NC(=O)[C@@H]5C[C@@H](O)CN5C(=O)[C@H]([C@@H](C)O)NC4=O)cc3)cc2)cc1. The number of aliphatic hydroxyl groups is 3. The molecule has 0 bridgehead atoms. The van der Waals surface area contributed by atoms with Crippen molar-refractivity contribution in [2.24, 2.45) is 0 Å². The number of hydrogen-bond donors (Lipinski definition) is 10. The topological polar surface area (TPSA) is 315 Å². The van der Waals surface area contributed by atoms with E-state index in [1.807, 2.05) is 48.5 Å². The number of nitrogens with one attached hydrogen (secondary N) is 6. The summed E-state index contributed by atoms with van der Waals surface area (Å²) >= 11 is 0. The number of methoxy groups -OCH3 is 1. The Kier molecular flexibility index (Phi) is 21.2. The summed E-state index contributed by atoms with van der Waals surface area (Å²) in [5.74, 6) is -5.13. The molecule has 434 valence electrons. The third kappa shape index (κ3) is 16.1. The van der Waals surface area contributed by atoms with Gasteiger partial charge in [0.05, 0.1) is 38.1 Å². The van der Waals surface area contributed by atoms with Crippen molar-refractivity contribution in [2.75, 3.05) is 33.4 Å². The highest BCUT2D eigenvalue weighted by Gasteiger charge is 2.46. The number of aromatic hydroxyl groups is 1. The summed E-state index contributed by atoms with van der Waals surface area (Å²) in [5.41, 5.74) is 4.53. The Balaban J connectivity index is 1.14. The highest BCUT2D eigenvalue weighted by atomic mass is 16.5. The summed E-state index contributed by atoms with van der Waals surface area (Å²) in [5, 5.41) is 58.8. The smallest absolute Gasteiger partial charge is 0.407 e. The van der Waals surface area contributed by atoms with Gasteiger partial charge in [-0.1, -0.05) is 80.4 Å². The maximum absolute atomic E-state index is 14.5. The van der Waals surface area contributed by atoms with E-state index in [0.717, 1.165) is 64.2 Å². The van der Waals surface area contributed by atoms with Crippen LogP contribution in [0, 0.1) is 0 Å². The molecule has 22 heteroatoms. The van der Waals surface area contributed by atoms with Crippen molar-refractivity contribution in [1.82, 2.24) is 41.7 Å². The van der Waals surface area contributed by atoms with Gasteiger partial charge >= 0.3 is 6.09 Å². The molecule has 7 rings (SSSR count). The molecule has 0 saturated carbocycles. The number of nitrogens with zero attached hydrogens (tertiary/aromatic N) is 2. The highest BCUT2D eigenvalue weighted by molar-refractivity contribution is 6.00. The standard InChI is InChI=1S/C59H74N8O14/c1-5-6-7-29-81-45-25-21-40(22-26-45)38-15-13-37(14-16-38)39-17-19-41(20-18-39)52(72)62-46-9-8-28-60-55(75)48-30-42(61-59(79)80-4)32-66(48)57(77)50(34(2)68)65-54(74)47(27-12-36-10-23-43(70)24-11-36)63-56(76)49-31-44(71)33-67(49)58(78)51(35(3)69)64-53(46)73/h10-11,13-26,34-35,42,44,46-51,68-71H,5-9,12,27-33H2,1-4H3,(H,60,75)(H,61,79)(H,62,72)(H,63,76)(H,64,73)(H,65,74)/t34-,35-,42+,44-,46+,47+,48+,49+,50+,51+/m1/s1. The predicted molar refractivity (Wildman–Crippen MR) is 297 cm³/mol. The van der Waals surface area contributed by atoms with Crippen LogP contribution < -0.4 is 36.6 Å². The third-order valence-electron chi connectivity index (χ3n) is 14.8. The highest BCUT2D eigenvalue weighted by Crippen LogP contribution is 2.28. The molecular weight excluding hydrogens is 1040 g/mol. The molecule has 8 amide bonds. The molecule has 10 atom stereocenters. The Morgan fingerprint density at radius 1 is 0.679 bits per heavy atom. The first kappa shape index (κ1) is 60.6. The second kappa shape index (κ2) is 28.4. The number of fused-ring (bicyclic) bond motifs is 2. The average molecular weight is 1120 g/mol.